The first-order valence-electron chi connectivity index (χ1n) is 8.74. The van der Waals surface area contributed by atoms with Crippen LogP contribution in [0.15, 0.2) is 6.20 Å². The van der Waals surface area contributed by atoms with E-state index in [-0.39, 0.29) is 6.10 Å². The van der Waals surface area contributed by atoms with Gasteiger partial charge in [0.1, 0.15) is 5.69 Å². The average Bonchev–Trinajstić information content (AvgIpc) is 2.94. The predicted molar refractivity (Wildman–Crippen MR) is 90.3 cm³/mol. The summed E-state index contributed by atoms with van der Waals surface area (Å²) in [5.74, 6) is 0.785. The Morgan fingerprint density at radius 2 is 1.74 bits per heavy atom. The Hall–Kier alpha value is -0.980. The molecule has 0 saturated heterocycles. The van der Waals surface area contributed by atoms with E-state index in [0.717, 1.165) is 24.6 Å². The largest absolute Gasteiger partial charge is 0.379 e. The molecule has 6 heteroatoms. The van der Waals surface area contributed by atoms with Crippen LogP contribution in [-0.2, 0) is 27.4 Å². The highest BCUT2D eigenvalue weighted by atomic mass is 16.5. The molecule has 134 valence electrons. The summed E-state index contributed by atoms with van der Waals surface area (Å²) >= 11 is 0. The number of hydrogen-bond acceptors (Lipinski definition) is 5. The van der Waals surface area contributed by atoms with Gasteiger partial charge in [0.2, 0.25) is 0 Å². The Morgan fingerprint density at radius 1 is 1.00 bits per heavy atom. The Balaban J connectivity index is 1.93. The first-order valence-corrected chi connectivity index (χ1v) is 8.74. The van der Waals surface area contributed by atoms with E-state index in [1.54, 1.807) is 4.68 Å². The standard InChI is InChI=1S/C17H33N3O3/c1-15(2)7-5-6-9-21-11-12-22-10-8-20-13-17(18-19-20)14-23-16(3)4/h13,15-16H,5-12,14H2,1-4H3. The molecule has 0 fully saturated rings. The van der Waals surface area contributed by atoms with Crippen molar-refractivity contribution in [2.75, 3.05) is 26.4 Å². The van der Waals surface area contributed by atoms with Gasteiger partial charge in [-0.3, -0.25) is 0 Å². The smallest absolute Gasteiger partial charge is 0.108 e. The third-order valence-electron chi connectivity index (χ3n) is 3.31. The zero-order valence-corrected chi connectivity index (χ0v) is 15.2. The second-order valence-corrected chi connectivity index (χ2v) is 6.45. The molecule has 0 amide bonds. The minimum absolute atomic E-state index is 0.203. The molecule has 0 aliphatic carbocycles. The summed E-state index contributed by atoms with van der Waals surface area (Å²) in [5, 5.41) is 8.12. The van der Waals surface area contributed by atoms with Gasteiger partial charge in [0.05, 0.1) is 45.3 Å². The van der Waals surface area contributed by atoms with E-state index >= 15 is 0 Å². The molecule has 23 heavy (non-hydrogen) atoms. The van der Waals surface area contributed by atoms with Gasteiger partial charge >= 0.3 is 0 Å². The summed E-state index contributed by atoms with van der Waals surface area (Å²) in [6.07, 6.45) is 5.76. The maximum absolute atomic E-state index is 5.55. The van der Waals surface area contributed by atoms with Gasteiger partial charge in [-0.25, -0.2) is 4.68 Å². The molecule has 0 bridgehead atoms. The summed E-state index contributed by atoms with van der Waals surface area (Å²) in [7, 11) is 0. The molecular weight excluding hydrogens is 294 g/mol. The third-order valence-corrected chi connectivity index (χ3v) is 3.31. The van der Waals surface area contributed by atoms with Crippen LogP contribution in [0.5, 0.6) is 0 Å². The quantitative estimate of drug-likeness (QED) is 0.492. The van der Waals surface area contributed by atoms with Gasteiger partial charge in [0.15, 0.2) is 0 Å². The molecule has 0 aromatic carbocycles. The second-order valence-electron chi connectivity index (χ2n) is 6.45. The van der Waals surface area contributed by atoms with E-state index in [1.165, 1.54) is 12.8 Å². The molecule has 1 aromatic rings. The van der Waals surface area contributed by atoms with E-state index < -0.39 is 0 Å². The zero-order valence-electron chi connectivity index (χ0n) is 15.2. The van der Waals surface area contributed by atoms with Crippen LogP contribution in [0.25, 0.3) is 0 Å². The Kier molecular flexibility index (Phi) is 10.9. The Labute approximate surface area is 140 Å². The maximum atomic E-state index is 5.55. The molecule has 1 heterocycles. The molecule has 0 aliphatic heterocycles. The fourth-order valence-electron chi connectivity index (χ4n) is 2.00. The summed E-state index contributed by atoms with van der Waals surface area (Å²) in [6.45, 7) is 12.5. The molecule has 0 saturated carbocycles. The fourth-order valence-corrected chi connectivity index (χ4v) is 2.00. The van der Waals surface area contributed by atoms with Crippen molar-refractivity contribution in [2.45, 2.75) is 66.2 Å². The highest BCUT2D eigenvalue weighted by Crippen LogP contribution is 2.05. The molecule has 0 N–H and O–H groups in total. The van der Waals surface area contributed by atoms with Crippen molar-refractivity contribution < 1.29 is 14.2 Å². The van der Waals surface area contributed by atoms with Crippen molar-refractivity contribution in [1.29, 1.82) is 0 Å². The van der Waals surface area contributed by atoms with Gasteiger partial charge in [-0.15, -0.1) is 5.10 Å². The number of nitrogens with zero attached hydrogens (tertiary/aromatic N) is 3. The highest BCUT2D eigenvalue weighted by Gasteiger charge is 2.02. The first-order chi connectivity index (χ1) is 11.1. The first kappa shape index (κ1) is 20.1. The Morgan fingerprint density at radius 3 is 2.43 bits per heavy atom. The lowest BCUT2D eigenvalue weighted by Gasteiger charge is -2.07. The monoisotopic (exact) mass is 327 g/mol. The minimum atomic E-state index is 0.203. The van der Waals surface area contributed by atoms with E-state index in [0.29, 0.717) is 33.0 Å². The van der Waals surface area contributed by atoms with E-state index in [4.69, 9.17) is 14.2 Å². The SMILES string of the molecule is CC(C)CCCCOCCOCCn1cc(COC(C)C)nn1. The molecule has 6 nitrogen and oxygen atoms in total. The van der Waals surface area contributed by atoms with Crippen LogP contribution < -0.4 is 0 Å². The van der Waals surface area contributed by atoms with Crippen LogP contribution in [-0.4, -0.2) is 47.5 Å². The van der Waals surface area contributed by atoms with Crippen molar-refractivity contribution >= 4 is 0 Å². The average molecular weight is 327 g/mol. The predicted octanol–water partition coefficient (Wildman–Crippen LogP) is 3.06. The molecule has 0 unspecified atom stereocenters. The van der Waals surface area contributed by atoms with Crippen LogP contribution >= 0.6 is 0 Å². The zero-order chi connectivity index (χ0) is 16.9. The van der Waals surface area contributed by atoms with E-state index in [1.807, 2.05) is 20.0 Å². The van der Waals surface area contributed by atoms with Crippen LogP contribution in [0.4, 0.5) is 0 Å². The van der Waals surface area contributed by atoms with Gasteiger partial charge in [-0.2, -0.15) is 0 Å². The number of rotatable bonds is 14. The van der Waals surface area contributed by atoms with Crippen LogP contribution in [0, 0.1) is 5.92 Å². The van der Waals surface area contributed by atoms with Crippen molar-refractivity contribution in [1.82, 2.24) is 15.0 Å². The molecule has 0 aliphatic rings. The van der Waals surface area contributed by atoms with Crippen molar-refractivity contribution in [2.24, 2.45) is 5.92 Å². The van der Waals surface area contributed by atoms with Gasteiger partial charge in [0, 0.05) is 6.61 Å². The van der Waals surface area contributed by atoms with Gasteiger partial charge in [-0.1, -0.05) is 31.9 Å². The summed E-state index contributed by atoms with van der Waals surface area (Å²) in [6, 6.07) is 0. The summed E-state index contributed by atoms with van der Waals surface area (Å²) in [4.78, 5) is 0. The summed E-state index contributed by atoms with van der Waals surface area (Å²) < 4.78 is 18.4. The van der Waals surface area contributed by atoms with E-state index in [9.17, 15) is 0 Å². The summed E-state index contributed by atoms with van der Waals surface area (Å²) in [5.41, 5.74) is 0.850. The van der Waals surface area contributed by atoms with Gasteiger partial charge < -0.3 is 14.2 Å². The van der Waals surface area contributed by atoms with Crippen molar-refractivity contribution in [3.8, 4) is 0 Å². The van der Waals surface area contributed by atoms with Crippen molar-refractivity contribution in [3.05, 3.63) is 11.9 Å². The second kappa shape index (κ2) is 12.4. The normalized spacial score (nSPS) is 11.7. The molecule has 1 aromatic heterocycles. The molecule has 1 rings (SSSR count). The molecule has 0 atom stereocenters. The lowest BCUT2D eigenvalue weighted by molar-refractivity contribution is 0.0423. The van der Waals surface area contributed by atoms with Crippen LogP contribution in [0.1, 0.15) is 52.7 Å². The van der Waals surface area contributed by atoms with Crippen molar-refractivity contribution in [3.63, 3.8) is 0 Å². The number of unbranched alkanes of at least 4 members (excludes halogenated alkanes) is 1. The molecule has 0 radical (unpaired) electrons. The van der Waals surface area contributed by atoms with Crippen LogP contribution in [0.2, 0.25) is 0 Å². The lowest BCUT2D eigenvalue weighted by atomic mass is 10.1. The lowest BCUT2D eigenvalue weighted by Crippen LogP contribution is -2.11. The number of aromatic nitrogens is 3. The maximum Gasteiger partial charge on any atom is 0.108 e. The Bertz CT molecular complexity index is 394. The molecular formula is C17H33N3O3. The van der Waals surface area contributed by atoms with Crippen LogP contribution in [0.3, 0.4) is 0 Å². The minimum Gasteiger partial charge on any atom is -0.379 e. The van der Waals surface area contributed by atoms with E-state index in [2.05, 4.69) is 24.2 Å². The van der Waals surface area contributed by atoms with Gasteiger partial charge in [0.25, 0.3) is 0 Å². The highest BCUT2D eigenvalue weighted by molar-refractivity contribution is 4.89. The third kappa shape index (κ3) is 11.2. The fraction of sp³-hybridized carbons (Fsp3) is 0.882. The topological polar surface area (TPSA) is 58.4 Å². The number of ether oxygens (including phenoxy) is 3. The number of hydrogen-bond donors (Lipinski definition) is 0. The molecule has 0 spiro atoms. The van der Waals surface area contributed by atoms with Gasteiger partial charge in [-0.05, 0) is 26.2 Å².